The van der Waals surface area contributed by atoms with E-state index < -0.39 is 0 Å². The van der Waals surface area contributed by atoms with E-state index in [4.69, 9.17) is 16.3 Å². The third-order valence-electron chi connectivity index (χ3n) is 2.65. The standard InChI is InChI=1S/C14H18ClNO3S/c1-4-19-13(17)8-20-10(3)14(18)16-12-7-5-6-11(15)9(12)2/h5-7,10H,4,8H2,1-3H3,(H,16,18). The van der Waals surface area contributed by atoms with Gasteiger partial charge in [0.15, 0.2) is 0 Å². The number of nitrogens with one attached hydrogen (secondary N) is 1. The van der Waals surface area contributed by atoms with Crippen LogP contribution in [-0.4, -0.2) is 29.5 Å². The second-order valence-electron chi connectivity index (χ2n) is 4.16. The topological polar surface area (TPSA) is 55.4 Å². The van der Waals surface area contributed by atoms with E-state index in [0.717, 1.165) is 5.56 Å². The minimum atomic E-state index is -0.349. The number of rotatable bonds is 6. The molecule has 0 aliphatic heterocycles. The first-order chi connectivity index (χ1) is 9.45. The minimum Gasteiger partial charge on any atom is -0.465 e. The Labute approximate surface area is 128 Å². The second kappa shape index (κ2) is 8.17. The lowest BCUT2D eigenvalue weighted by molar-refractivity contribution is -0.139. The summed E-state index contributed by atoms with van der Waals surface area (Å²) in [5.41, 5.74) is 1.51. The van der Waals surface area contributed by atoms with Crippen LogP contribution in [-0.2, 0) is 14.3 Å². The van der Waals surface area contributed by atoms with Crippen LogP contribution in [0, 0.1) is 6.92 Å². The number of anilines is 1. The predicted octanol–water partition coefficient (Wildman–Crippen LogP) is 3.27. The Bertz CT molecular complexity index is 493. The molecule has 0 spiro atoms. The Morgan fingerprint density at radius 1 is 1.45 bits per heavy atom. The summed E-state index contributed by atoms with van der Waals surface area (Å²) < 4.78 is 4.82. The molecular formula is C14H18ClNO3S. The van der Waals surface area contributed by atoms with Gasteiger partial charge in [-0.25, -0.2) is 0 Å². The van der Waals surface area contributed by atoms with Crippen LogP contribution in [0.15, 0.2) is 18.2 Å². The van der Waals surface area contributed by atoms with Crippen molar-refractivity contribution < 1.29 is 14.3 Å². The molecule has 6 heteroatoms. The van der Waals surface area contributed by atoms with Gasteiger partial charge in [-0.05, 0) is 38.5 Å². The van der Waals surface area contributed by atoms with Crippen LogP contribution >= 0.6 is 23.4 Å². The minimum absolute atomic E-state index is 0.162. The number of hydrogen-bond donors (Lipinski definition) is 1. The highest BCUT2D eigenvalue weighted by Gasteiger charge is 2.16. The van der Waals surface area contributed by atoms with Gasteiger partial charge in [-0.3, -0.25) is 9.59 Å². The molecule has 1 amide bonds. The van der Waals surface area contributed by atoms with E-state index >= 15 is 0 Å². The van der Waals surface area contributed by atoms with E-state index in [1.807, 2.05) is 6.92 Å². The van der Waals surface area contributed by atoms with Crippen molar-refractivity contribution in [2.24, 2.45) is 0 Å². The molecule has 1 aromatic rings. The maximum Gasteiger partial charge on any atom is 0.315 e. The van der Waals surface area contributed by atoms with E-state index in [1.54, 1.807) is 32.0 Å². The molecule has 0 saturated heterocycles. The Hall–Kier alpha value is -1.20. The van der Waals surface area contributed by atoms with Crippen molar-refractivity contribution in [3.63, 3.8) is 0 Å². The molecule has 1 atom stereocenters. The number of esters is 1. The first kappa shape index (κ1) is 16.9. The number of ether oxygens (including phenoxy) is 1. The molecule has 1 N–H and O–H groups in total. The van der Waals surface area contributed by atoms with Crippen LogP contribution in [0.3, 0.4) is 0 Å². The monoisotopic (exact) mass is 315 g/mol. The van der Waals surface area contributed by atoms with Gasteiger partial charge in [0, 0.05) is 10.7 Å². The average molecular weight is 316 g/mol. The smallest absolute Gasteiger partial charge is 0.315 e. The van der Waals surface area contributed by atoms with Crippen molar-refractivity contribution in [2.75, 3.05) is 17.7 Å². The van der Waals surface area contributed by atoms with Crippen LogP contribution in [0.2, 0.25) is 5.02 Å². The summed E-state index contributed by atoms with van der Waals surface area (Å²) in [6.45, 7) is 5.69. The Kier molecular flexibility index (Phi) is 6.88. The van der Waals surface area contributed by atoms with Crippen molar-refractivity contribution >= 4 is 40.9 Å². The zero-order valence-electron chi connectivity index (χ0n) is 11.7. The summed E-state index contributed by atoms with van der Waals surface area (Å²) >= 11 is 7.24. The Balaban J connectivity index is 2.53. The molecule has 0 saturated carbocycles. The molecule has 4 nitrogen and oxygen atoms in total. The van der Waals surface area contributed by atoms with Crippen LogP contribution in [0.1, 0.15) is 19.4 Å². The van der Waals surface area contributed by atoms with Crippen LogP contribution in [0.4, 0.5) is 5.69 Å². The van der Waals surface area contributed by atoms with Gasteiger partial charge in [0.1, 0.15) is 0 Å². The highest BCUT2D eigenvalue weighted by molar-refractivity contribution is 8.01. The number of halogens is 1. The SMILES string of the molecule is CCOC(=O)CSC(C)C(=O)Nc1cccc(Cl)c1C. The fourth-order valence-corrected chi connectivity index (χ4v) is 2.30. The van der Waals surface area contributed by atoms with E-state index in [-0.39, 0.29) is 22.9 Å². The highest BCUT2D eigenvalue weighted by atomic mass is 35.5. The summed E-state index contributed by atoms with van der Waals surface area (Å²) in [6, 6.07) is 5.34. The number of amides is 1. The van der Waals surface area contributed by atoms with Crippen molar-refractivity contribution in [3.05, 3.63) is 28.8 Å². The molecule has 0 heterocycles. The second-order valence-corrected chi connectivity index (χ2v) is 5.90. The third-order valence-corrected chi connectivity index (χ3v) is 4.18. The van der Waals surface area contributed by atoms with Crippen LogP contribution in [0.5, 0.6) is 0 Å². The maximum absolute atomic E-state index is 12.0. The zero-order valence-corrected chi connectivity index (χ0v) is 13.3. The molecule has 110 valence electrons. The molecular weight excluding hydrogens is 298 g/mol. The van der Waals surface area contributed by atoms with Gasteiger partial charge < -0.3 is 10.1 Å². The number of carbonyl (C=O) groups is 2. The van der Waals surface area contributed by atoms with Gasteiger partial charge in [0.05, 0.1) is 17.6 Å². The lowest BCUT2D eigenvalue weighted by Crippen LogP contribution is -2.24. The molecule has 0 bridgehead atoms. The van der Waals surface area contributed by atoms with Crippen LogP contribution in [0.25, 0.3) is 0 Å². The lowest BCUT2D eigenvalue weighted by atomic mass is 10.2. The highest BCUT2D eigenvalue weighted by Crippen LogP contribution is 2.24. The first-order valence-corrected chi connectivity index (χ1v) is 7.71. The molecule has 0 radical (unpaired) electrons. The molecule has 0 aromatic heterocycles. The zero-order chi connectivity index (χ0) is 15.1. The molecule has 20 heavy (non-hydrogen) atoms. The summed E-state index contributed by atoms with van der Waals surface area (Å²) in [6.07, 6.45) is 0. The maximum atomic E-state index is 12.0. The number of benzene rings is 1. The normalized spacial score (nSPS) is 11.8. The van der Waals surface area contributed by atoms with Crippen molar-refractivity contribution in [2.45, 2.75) is 26.0 Å². The van der Waals surface area contributed by atoms with E-state index in [1.165, 1.54) is 11.8 Å². The largest absolute Gasteiger partial charge is 0.465 e. The van der Waals surface area contributed by atoms with Gasteiger partial charge >= 0.3 is 5.97 Å². The molecule has 0 aliphatic rings. The van der Waals surface area contributed by atoms with Crippen molar-refractivity contribution in [1.29, 1.82) is 0 Å². The number of hydrogen-bond acceptors (Lipinski definition) is 4. The average Bonchev–Trinajstić information content (AvgIpc) is 2.41. The van der Waals surface area contributed by atoms with Gasteiger partial charge in [0.2, 0.25) is 5.91 Å². The first-order valence-electron chi connectivity index (χ1n) is 6.29. The van der Waals surface area contributed by atoms with Gasteiger partial charge in [0.25, 0.3) is 0 Å². The van der Waals surface area contributed by atoms with Gasteiger partial charge in [-0.15, -0.1) is 11.8 Å². The van der Waals surface area contributed by atoms with E-state index in [9.17, 15) is 9.59 Å². The number of carbonyl (C=O) groups excluding carboxylic acids is 2. The third kappa shape index (κ3) is 5.06. The van der Waals surface area contributed by atoms with Gasteiger partial charge in [-0.1, -0.05) is 17.7 Å². The van der Waals surface area contributed by atoms with E-state index in [2.05, 4.69) is 5.32 Å². The summed E-state index contributed by atoms with van der Waals surface area (Å²) in [5.74, 6) is -0.308. The summed E-state index contributed by atoms with van der Waals surface area (Å²) in [7, 11) is 0. The number of thioether (sulfide) groups is 1. The summed E-state index contributed by atoms with van der Waals surface area (Å²) in [4.78, 5) is 23.3. The summed E-state index contributed by atoms with van der Waals surface area (Å²) in [5, 5.41) is 3.07. The van der Waals surface area contributed by atoms with Crippen molar-refractivity contribution in [3.8, 4) is 0 Å². The lowest BCUT2D eigenvalue weighted by Gasteiger charge is -2.13. The van der Waals surface area contributed by atoms with E-state index in [0.29, 0.717) is 17.3 Å². The Morgan fingerprint density at radius 3 is 2.80 bits per heavy atom. The molecule has 0 aliphatic carbocycles. The van der Waals surface area contributed by atoms with Crippen molar-refractivity contribution in [1.82, 2.24) is 0 Å². The fraction of sp³-hybridized carbons (Fsp3) is 0.429. The van der Waals surface area contributed by atoms with Crippen LogP contribution < -0.4 is 5.32 Å². The van der Waals surface area contributed by atoms with Gasteiger partial charge in [-0.2, -0.15) is 0 Å². The fourth-order valence-electron chi connectivity index (χ4n) is 1.45. The molecule has 1 unspecified atom stereocenters. The quantitative estimate of drug-likeness (QED) is 0.819. The Morgan fingerprint density at radius 2 is 2.15 bits per heavy atom. The molecule has 1 rings (SSSR count). The predicted molar refractivity (Wildman–Crippen MR) is 83.4 cm³/mol. The molecule has 1 aromatic carbocycles. The molecule has 0 fully saturated rings.